The van der Waals surface area contributed by atoms with E-state index < -0.39 is 0 Å². The van der Waals surface area contributed by atoms with Crippen LogP contribution in [0, 0.1) is 0 Å². The largest absolute Gasteiger partial charge is 0.379 e. The van der Waals surface area contributed by atoms with Crippen molar-refractivity contribution in [3.05, 3.63) is 35.2 Å². The van der Waals surface area contributed by atoms with Gasteiger partial charge in [0.15, 0.2) is 10.8 Å². The Labute approximate surface area is 162 Å². The van der Waals surface area contributed by atoms with E-state index in [4.69, 9.17) is 16.3 Å². The number of carbonyl (C=O) groups excluding carboxylic acids is 2. The first-order valence-electron chi connectivity index (χ1n) is 9.13. The normalized spacial score (nSPS) is 21.1. The summed E-state index contributed by atoms with van der Waals surface area (Å²) in [5.74, 6) is -0.246. The maximum Gasteiger partial charge on any atom is 0.271 e. The second kappa shape index (κ2) is 7.84. The SMILES string of the molecule is O=C(NC1CC(=O)N(CCN2CCOCC2)C1)c1c(Cl)nc2ccccn12. The molecule has 0 spiro atoms. The standard InChI is InChI=1S/C18H22ClN5O3/c19-17-16(24-4-2-1-3-14(24)21-17)18(26)20-13-11-15(25)23(12-13)6-5-22-7-9-27-10-8-22/h1-4,13H,5-12H2,(H,20,26). The van der Waals surface area contributed by atoms with Gasteiger partial charge in [0.25, 0.3) is 5.91 Å². The van der Waals surface area contributed by atoms with Crippen LogP contribution < -0.4 is 5.32 Å². The van der Waals surface area contributed by atoms with Crippen molar-refractivity contribution < 1.29 is 14.3 Å². The van der Waals surface area contributed by atoms with E-state index >= 15 is 0 Å². The fraction of sp³-hybridized carbons (Fsp3) is 0.500. The third-order valence-corrected chi connectivity index (χ3v) is 5.31. The van der Waals surface area contributed by atoms with Gasteiger partial charge < -0.3 is 15.0 Å². The van der Waals surface area contributed by atoms with Gasteiger partial charge in [0.1, 0.15) is 5.65 Å². The summed E-state index contributed by atoms with van der Waals surface area (Å²) in [5.41, 5.74) is 0.911. The van der Waals surface area contributed by atoms with E-state index in [-0.39, 0.29) is 23.0 Å². The molecule has 144 valence electrons. The molecule has 2 aromatic heterocycles. The van der Waals surface area contributed by atoms with Gasteiger partial charge in [-0.2, -0.15) is 0 Å². The number of halogens is 1. The monoisotopic (exact) mass is 391 g/mol. The number of hydrogen-bond donors (Lipinski definition) is 1. The second-order valence-corrected chi connectivity index (χ2v) is 7.21. The predicted molar refractivity (Wildman–Crippen MR) is 99.9 cm³/mol. The molecule has 0 aromatic carbocycles. The molecule has 1 N–H and O–H groups in total. The van der Waals surface area contributed by atoms with Gasteiger partial charge in [0.2, 0.25) is 5.91 Å². The van der Waals surface area contributed by atoms with Crippen LogP contribution in [0.1, 0.15) is 16.9 Å². The first-order valence-corrected chi connectivity index (χ1v) is 9.51. The average Bonchev–Trinajstić information content (AvgIpc) is 3.19. The lowest BCUT2D eigenvalue weighted by atomic mass is 10.2. The molecule has 0 saturated carbocycles. The number of pyridine rings is 1. The minimum atomic E-state index is -0.313. The Bertz CT molecular complexity index is 849. The van der Waals surface area contributed by atoms with E-state index in [1.54, 1.807) is 16.7 Å². The second-order valence-electron chi connectivity index (χ2n) is 6.85. The molecule has 0 aliphatic carbocycles. The van der Waals surface area contributed by atoms with E-state index in [0.717, 1.165) is 32.8 Å². The number of aromatic nitrogens is 2. The lowest BCUT2D eigenvalue weighted by Gasteiger charge is -2.28. The van der Waals surface area contributed by atoms with Crippen molar-refractivity contribution in [3.63, 3.8) is 0 Å². The van der Waals surface area contributed by atoms with E-state index in [9.17, 15) is 9.59 Å². The smallest absolute Gasteiger partial charge is 0.271 e. The Morgan fingerprint density at radius 2 is 2.11 bits per heavy atom. The molecule has 2 aliphatic rings. The molecular formula is C18H22ClN5O3. The summed E-state index contributed by atoms with van der Waals surface area (Å²) in [6.07, 6.45) is 2.06. The van der Waals surface area contributed by atoms with Crippen molar-refractivity contribution in [2.75, 3.05) is 45.9 Å². The summed E-state index contributed by atoms with van der Waals surface area (Å²) in [4.78, 5) is 33.3. The number of nitrogens with one attached hydrogen (secondary N) is 1. The molecule has 9 heteroatoms. The first-order chi connectivity index (χ1) is 13.1. The minimum Gasteiger partial charge on any atom is -0.379 e. The van der Waals surface area contributed by atoms with Gasteiger partial charge in [-0.3, -0.25) is 18.9 Å². The molecule has 2 aromatic rings. The average molecular weight is 392 g/mol. The van der Waals surface area contributed by atoms with E-state index in [0.29, 0.717) is 30.9 Å². The van der Waals surface area contributed by atoms with Crippen LogP contribution in [0.4, 0.5) is 0 Å². The van der Waals surface area contributed by atoms with E-state index in [2.05, 4.69) is 15.2 Å². The quantitative estimate of drug-likeness (QED) is 0.809. The number of carbonyl (C=O) groups is 2. The van der Waals surface area contributed by atoms with Crippen LogP contribution >= 0.6 is 11.6 Å². The fourth-order valence-corrected chi connectivity index (χ4v) is 3.86. The van der Waals surface area contributed by atoms with Crippen LogP contribution in [-0.4, -0.2) is 83.0 Å². The summed E-state index contributed by atoms with van der Waals surface area (Å²) in [5, 5.41) is 3.09. The number of amides is 2. The zero-order chi connectivity index (χ0) is 18.8. The summed E-state index contributed by atoms with van der Waals surface area (Å²) in [6, 6.07) is 5.21. The number of nitrogens with zero attached hydrogens (tertiary/aromatic N) is 4. The molecular weight excluding hydrogens is 370 g/mol. The predicted octanol–water partition coefficient (Wildman–Crippen LogP) is 0.651. The summed E-state index contributed by atoms with van der Waals surface area (Å²) in [6.45, 7) is 5.29. The highest BCUT2D eigenvalue weighted by molar-refractivity contribution is 6.32. The Kier molecular flexibility index (Phi) is 5.29. The van der Waals surface area contributed by atoms with Crippen LogP contribution in [0.25, 0.3) is 5.65 Å². The third kappa shape index (κ3) is 3.92. The Morgan fingerprint density at radius 3 is 2.93 bits per heavy atom. The Morgan fingerprint density at radius 1 is 1.30 bits per heavy atom. The molecule has 0 radical (unpaired) electrons. The minimum absolute atomic E-state index is 0.0674. The van der Waals surface area contributed by atoms with E-state index in [1.807, 2.05) is 17.0 Å². The molecule has 1 atom stereocenters. The number of morpholine rings is 1. The zero-order valence-electron chi connectivity index (χ0n) is 14.9. The van der Waals surface area contributed by atoms with Gasteiger partial charge in [-0.05, 0) is 12.1 Å². The van der Waals surface area contributed by atoms with Gasteiger partial charge >= 0.3 is 0 Å². The van der Waals surface area contributed by atoms with Crippen LogP contribution in [-0.2, 0) is 9.53 Å². The van der Waals surface area contributed by atoms with Crippen molar-refractivity contribution in [3.8, 4) is 0 Å². The molecule has 27 heavy (non-hydrogen) atoms. The first kappa shape index (κ1) is 18.2. The molecule has 8 nitrogen and oxygen atoms in total. The molecule has 4 heterocycles. The molecule has 1 unspecified atom stereocenters. The lowest BCUT2D eigenvalue weighted by Crippen LogP contribution is -2.43. The highest BCUT2D eigenvalue weighted by atomic mass is 35.5. The van der Waals surface area contributed by atoms with Crippen molar-refractivity contribution >= 4 is 29.1 Å². The summed E-state index contributed by atoms with van der Waals surface area (Å²) >= 11 is 6.16. The van der Waals surface area contributed by atoms with E-state index in [1.165, 1.54) is 0 Å². The highest BCUT2D eigenvalue weighted by Gasteiger charge is 2.32. The van der Waals surface area contributed by atoms with Gasteiger partial charge in [-0.1, -0.05) is 17.7 Å². The summed E-state index contributed by atoms with van der Waals surface area (Å²) < 4.78 is 7.00. The number of imidazole rings is 1. The van der Waals surface area contributed by atoms with Crippen molar-refractivity contribution in [2.24, 2.45) is 0 Å². The highest BCUT2D eigenvalue weighted by Crippen LogP contribution is 2.19. The van der Waals surface area contributed by atoms with Gasteiger partial charge in [0.05, 0.1) is 19.3 Å². The number of likely N-dealkylation sites (tertiary alicyclic amines) is 1. The molecule has 2 saturated heterocycles. The third-order valence-electron chi connectivity index (χ3n) is 5.04. The van der Waals surface area contributed by atoms with Crippen LogP contribution in [0.2, 0.25) is 5.15 Å². The van der Waals surface area contributed by atoms with Crippen LogP contribution in [0.5, 0.6) is 0 Å². The van der Waals surface area contributed by atoms with Gasteiger partial charge in [-0.25, -0.2) is 4.98 Å². The number of rotatable bonds is 5. The van der Waals surface area contributed by atoms with Crippen LogP contribution in [0.15, 0.2) is 24.4 Å². The summed E-state index contributed by atoms with van der Waals surface area (Å²) in [7, 11) is 0. The molecule has 2 amide bonds. The van der Waals surface area contributed by atoms with Crippen molar-refractivity contribution in [1.29, 1.82) is 0 Å². The topological polar surface area (TPSA) is 79.2 Å². The van der Waals surface area contributed by atoms with Crippen LogP contribution in [0.3, 0.4) is 0 Å². The maximum absolute atomic E-state index is 12.7. The molecule has 4 rings (SSSR count). The fourth-order valence-electron chi connectivity index (χ4n) is 3.60. The molecule has 0 bridgehead atoms. The van der Waals surface area contributed by atoms with Gasteiger partial charge in [-0.15, -0.1) is 0 Å². The zero-order valence-corrected chi connectivity index (χ0v) is 15.7. The number of ether oxygens (including phenoxy) is 1. The maximum atomic E-state index is 12.7. The lowest BCUT2D eigenvalue weighted by molar-refractivity contribution is -0.128. The molecule has 2 fully saturated rings. The number of hydrogen-bond acceptors (Lipinski definition) is 5. The van der Waals surface area contributed by atoms with Crippen molar-refractivity contribution in [2.45, 2.75) is 12.5 Å². The van der Waals surface area contributed by atoms with Crippen molar-refractivity contribution in [1.82, 2.24) is 24.5 Å². The number of fused-ring (bicyclic) bond motifs is 1. The van der Waals surface area contributed by atoms with Gasteiger partial charge in [0, 0.05) is 45.3 Å². The molecule has 2 aliphatic heterocycles. The Balaban J connectivity index is 1.36. The Hall–Kier alpha value is -2.16.